The van der Waals surface area contributed by atoms with Crippen LogP contribution in [-0.4, -0.2) is 141 Å². The fraction of sp³-hybridized carbons (Fsp3) is 0.122. The molecule has 32 nitrogen and oxygen atoms in total. The van der Waals surface area contributed by atoms with Gasteiger partial charge in [-0.1, -0.05) is 44.2 Å². The van der Waals surface area contributed by atoms with Crippen molar-refractivity contribution in [2.24, 2.45) is 0 Å². The normalized spacial score (nSPS) is 10.4. The van der Waals surface area contributed by atoms with Crippen LogP contribution in [0.25, 0.3) is 0 Å². The molecule has 13 aromatic rings. The van der Waals surface area contributed by atoms with Crippen molar-refractivity contribution in [2.45, 2.75) is 26.2 Å². The van der Waals surface area contributed by atoms with Gasteiger partial charge in [-0.2, -0.15) is 0 Å². The van der Waals surface area contributed by atoms with E-state index in [0.29, 0.717) is 91.5 Å². The number of hydrogen-bond acceptors (Lipinski definition) is 24. The number of aromatic hydroxyl groups is 8. The Hall–Kier alpha value is -17.6. The molecule has 668 valence electrons. The quantitative estimate of drug-likeness (QED) is 0.0167. The minimum atomic E-state index is -0.361. The second-order valence-corrected chi connectivity index (χ2v) is 28.6. The largest absolute Gasteiger partial charge is 0.508 e. The maximum absolute atomic E-state index is 12.1. The molecule has 0 aliphatic carbocycles. The lowest BCUT2D eigenvalue weighted by molar-refractivity contribution is -0.118. The molecule has 0 fully saturated rings. The molecule has 0 spiro atoms. The third kappa shape index (κ3) is 33.2. The van der Waals surface area contributed by atoms with E-state index in [-0.39, 0.29) is 152 Å². The molecule has 0 saturated heterocycles. The van der Waals surface area contributed by atoms with Gasteiger partial charge < -0.3 is 121 Å². The fourth-order valence-corrected chi connectivity index (χ4v) is 11.4. The first-order valence-corrected chi connectivity index (χ1v) is 39.8. The number of phenols is 8. The van der Waals surface area contributed by atoms with E-state index in [1.54, 1.807) is 171 Å². The molecular formula is C98H92N8O24. The van der Waals surface area contributed by atoms with E-state index >= 15 is 0 Å². The summed E-state index contributed by atoms with van der Waals surface area (Å²) in [7, 11) is 0. The predicted molar refractivity (Wildman–Crippen MR) is 487 cm³/mol. The monoisotopic (exact) mass is 1760 g/mol. The lowest BCUT2D eigenvalue weighted by Crippen LogP contribution is -2.21. The number of carbonyl (C=O) groups is 8. The summed E-state index contributed by atoms with van der Waals surface area (Å²) in [5, 5.41) is 95.5. The summed E-state index contributed by atoms with van der Waals surface area (Å²) in [6.45, 7) is 4.56. The van der Waals surface area contributed by atoms with E-state index in [2.05, 4.69) is 56.4 Å². The van der Waals surface area contributed by atoms with Crippen LogP contribution in [0.4, 0.5) is 45.5 Å². The van der Waals surface area contributed by atoms with Crippen molar-refractivity contribution in [1.82, 2.24) is 0 Å². The molecule has 16 N–H and O–H groups in total. The molecule has 0 radical (unpaired) electrons. The molecule has 130 heavy (non-hydrogen) atoms. The topological polar surface area (TPSA) is 468 Å². The van der Waals surface area contributed by atoms with Gasteiger partial charge in [0.05, 0.1) is 0 Å². The van der Waals surface area contributed by atoms with Gasteiger partial charge in [0.25, 0.3) is 47.3 Å². The Bertz CT molecular complexity index is 5610. The number of benzene rings is 13. The number of anilines is 8. The number of phenolic OH excluding ortho intramolecular Hbond substituents is 8. The van der Waals surface area contributed by atoms with Gasteiger partial charge in [0.1, 0.15) is 92.0 Å². The third-order valence-electron chi connectivity index (χ3n) is 18.1. The zero-order valence-corrected chi connectivity index (χ0v) is 70.2. The van der Waals surface area contributed by atoms with Crippen LogP contribution in [0.5, 0.6) is 92.0 Å². The molecule has 0 bridgehead atoms. The molecule has 0 aliphatic rings. The van der Waals surface area contributed by atoms with Crippen LogP contribution < -0.4 is 80.4 Å². The van der Waals surface area contributed by atoms with Gasteiger partial charge in [0.15, 0.2) is 52.9 Å². The number of amides is 8. The Kier molecular flexibility index (Phi) is 34.9. The summed E-state index contributed by atoms with van der Waals surface area (Å²) in [6.07, 6.45) is 0. The molecular weight excluding hydrogens is 1670 g/mol. The average Bonchev–Trinajstić information content (AvgIpc) is 0.799. The first-order chi connectivity index (χ1) is 62.5. The summed E-state index contributed by atoms with van der Waals surface area (Å²) in [6, 6.07) is 82.3. The second-order valence-electron chi connectivity index (χ2n) is 28.6. The van der Waals surface area contributed by atoms with Crippen LogP contribution in [0.3, 0.4) is 0 Å². The lowest BCUT2D eigenvalue weighted by Gasteiger charge is -2.26. The Morgan fingerprint density at radius 3 is 0.585 bits per heavy atom. The van der Waals surface area contributed by atoms with Gasteiger partial charge in [0, 0.05) is 57.0 Å². The third-order valence-corrected chi connectivity index (χ3v) is 18.1. The maximum Gasteiger partial charge on any atom is 0.262 e. The highest BCUT2D eigenvalue weighted by atomic mass is 16.5. The first kappa shape index (κ1) is 94.7. The number of nitrogens with one attached hydrogen (secondary N) is 8. The van der Waals surface area contributed by atoms with E-state index in [9.17, 15) is 79.2 Å². The number of ether oxygens (including phenoxy) is 8. The van der Waals surface area contributed by atoms with Crippen LogP contribution in [0.2, 0.25) is 0 Å². The molecule has 13 aromatic carbocycles. The Morgan fingerprint density at radius 2 is 0.385 bits per heavy atom. The standard InChI is InChI=1S/C31H30N2O6.C23H22N2O6.2C22H20N2O6/c1-31(2,21-3-15-27(16-4-21)38-19-29(36)32-23-7-11-25(34)12-8-23)22-5-17-28(18-6-22)39-20-30(37)33-24-9-13-26(35)14-10-24;1-15-12-20(30-13-22(28)24-16-2-6-18(26)7-3-16)10-11-21(15)31-14-23(29)25-17-4-8-19(27)9-5-17;25-17-5-1-15(2-6-17)23-21(27)13-29-19-9-11-20(12-10-19)30-14-22(28)24-16-3-7-18(26)8-4-16;25-17-8-4-15(5-9-17)23-21(27)13-29-19-2-1-3-20(12-19)30-14-22(28)24-16-6-10-18(26)11-7-16/h3-18,34-35H,19-20H2,1-2H3,(H,32,36)(H,33,37);2-12,26-27H,13-14H2,1H3,(H,24,28)(H,25,29);2*1-12,25-26H,13-14H2,(H,23,27)(H,24,28). The van der Waals surface area contributed by atoms with Crippen LogP contribution >= 0.6 is 0 Å². The minimum Gasteiger partial charge on any atom is -0.508 e. The zero-order valence-electron chi connectivity index (χ0n) is 70.2. The molecule has 0 saturated carbocycles. The van der Waals surface area contributed by atoms with Crippen molar-refractivity contribution in [3.63, 3.8) is 0 Å². The molecule has 0 atom stereocenters. The first-order valence-electron chi connectivity index (χ1n) is 39.8. The van der Waals surface area contributed by atoms with Crippen molar-refractivity contribution in [2.75, 3.05) is 95.4 Å². The highest BCUT2D eigenvalue weighted by Gasteiger charge is 2.24. The summed E-state index contributed by atoms with van der Waals surface area (Å²) in [4.78, 5) is 96.0. The summed E-state index contributed by atoms with van der Waals surface area (Å²) in [5.41, 5.74) is 6.99. The molecule has 13 rings (SSSR count). The van der Waals surface area contributed by atoms with Gasteiger partial charge in [-0.15, -0.1) is 0 Å². The second kappa shape index (κ2) is 47.9. The van der Waals surface area contributed by atoms with E-state index in [1.165, 1.54) is 97.1 Å². The highest BCUT2D eigenvalue weighted by molar-refractivity contribution is 5.96. The minimum absolute atomic E-state index is 0.109. The van der Waals surface area contributed by atoms with Crippen molar-refractivity contribution >= 4 is 92.8 Å². The molecule has 0 heterocycles. The van der Waals surface area contributed by atoms with E-state index < -0.39 is 0 Å². The van der Waals surface area contributed by atoms with Crippen molar-refractivity contribution in [3.05, 3.63) is 326 Å². The smallest absolute Gasteiger partial charge is 0.262 e. The summed E-state index contributed by atoms with van der Waals surface area (Å²) < 4.78 is 44.0. The number of hydrogen-bond donors (Lipinski definition) is 16. The zero-order chi connectivity index (χ0) is 92.7. The maximum atomic E-state index is 12.1. The van der Waals surface area contributed by atoms with Gasteiger partial charge in [-0.05, 0) is 297 Å². The van der Waals surface area contributed by atoms with E-state index in [4.69, 9.17) is 37.9 Å². The van der Waals surface area contributed by atoms with Gasteiger partial charge in [-0.25, -0.2) is 0 Å². The fourth-order valence-electron chi connectivity index (χ4n) is 11.4. The Labute approximate surface area is 745 Å². The average molecular weight is 1770 g/mol. The predicted octanol–water partition coefficient (Wildman–Crippen LogP) is 15.2. The van der Waals surface area contributed by atoms with Gasteiger partial charge in [0.2, 0.25) is 0 Å². The molecule has 32 heteroatoms. The van der Waals surface area contributed by atoms with Crippen LogP contribution in [0.1, 0.15) is 30.5 Å². The van der Waals surface area contributed by atoms with Gasteiger partial charge >= 0.3 is 0 Å². The molecule has 0 aliphatic heterocycles. The number of carbonyl (C=O) groups excluding carboxylic acids is 8. The molecule has 0 aromatic heterocycles. The van der Waals surface area contributed by atoms with Crippen molar-refractivity contribution in [3.8, 4) is 92.0 Å². The van der Waals surface area contributed by atoms with Crippen LogP contribution in [0, 0.1) is 6.92 Å². The molecule has 8 amide bonds. The van der Waals surface area contributed by atoms with E-state index in [0.717, 1.165) is 16.7 Å². The van der Waals surface area contributed by atoms with Crippen molar-refractivity contribution < 1.29 is 117 Å². The van der Waals surface area contributed by atoms with Crippen molar-refractivity contribution in [1.29, 1.82) is 0 Å². The Morgan fingerprint density at radius 1 is 0.215 bits per heavy atom. The highest BCUT2D eigenvalue weighted by Crippen LogP contribution is 2.35. The van der Waals surface area contributed by atoms with Crippen LogP contribution in [-0.2, 0) is 43.8 Å². The Balaban J connectivity index is 0.000000181. The van der Waals surface area contributed by atoms with E-state index in [1.807, 2.05) is 48.5 Å². The van der Waals surface area contributed by atoms with Gasteiger partial charge in [-0.3, -0.25) is 38.4 Å². The number of aryl methyl sites for hydroxylation is 1. The number of rotatable bonds is 34. The van der Waals surface area contributed by atoms with Crippen LogP contribution in [0.15, 0.2) is 309 Å². The molecule has 0 unspecified atom stereocenters. The summed E-state index contributed by atoms with van der Waals surface area (Å²) in [5.74, 6) is 2.16. The SMILES string of the molecule is CC(C)(c1ccc(OCC(=O)Nc2ccc(O)cc2)cc1)c1ccc(OCC(=O)Nc2ccc(O)cc2)cc1.Cc1cc(OCC(=O)Nc2ccc(O)cc2)ccc1OCC(=O)Nc1ccc(O)cc1.O=C(COc1ccc(OCC(=O)Nc2ccc(O)cc2)cc1)Nc1ccc(O)cc1.O=C(COc1cccc(OCC(=O)Nc2ccc(O)cc2)c1)Nc1ccc(O)cc1. The summed E-state index contributed by atoms with van der Waals surface area (Å²) >= 11 is 0. The lowest BCUT2D eigenvalue weighted by atomic mass is 9.78.